The summed E-state index contributed by atoms with van der Waals surface area (Å²) in [6.45, 7) is 2.56. The number of esters is 1. The molecule has 0 radical (unpaired) electrons. The second kappa shape index (κ2) is 4.58. The van der Waals surface area contributed by atoms with Gasteiger partial charge in [0.2, 0.25) is 0 Å². The first-order valence-corrected chi connectivity index (χ1v) is 3.39. The number of carbonyl (C=O) groups excluding carboxylic acids is 1. The Morgan fingerprint density at radius 2 is 2.33 bits per heavy atom. The first-order chi connectivity index (χ1) is 5.54. The molecule has 68 valence electrons. The topological polar surface area (TPSA) is 95.3 Å². The normalized spacial score (nSPS) is 10.2. The van der Waals surface area contributed by atoms with E-state index in [-0.39, 0.29) is 13.2 Å². The smallest absolute Gasteiger partial charge is 0.317 e. The van der Waals surface area contributed by atoms with Crippen molar-refractivity contribution in [2.75, 3.05) is 13.2 Å². The van der Waals surface area contributed by atoms with Gasteiger partial charge in [0.1, 0.15) is 12.1 Å². The van der Waals surface area contributed by atoms with Crippen molar-refractivity contribution in [3.8, 4) is 0 Å². The molecule has 0 saturated heterocycles. The van der Waals surface area contributed by atoms with Gasteiger partial charge in [-0.3, -0.25) is 4.79 Å². The molecule has 0 aliphatic rings. The lowest BCUT2D eigenvalue weighted by molar-refractivity contribution is -0.149. The summed E-state index contributed by atoms with van der Waals surface area (Å²) < 4.78 is 4.55. The van der Waals surface area contributed by atoms with Crippen molar-refractivity contribution in [3.63, 3.8) is 0 Å². The Hall–Kier alpha value is -1.26. The van der Waals surface area contributed by atoms with E-state index >= 15 is 0 Å². The number of nitrogens with zero attached hydrogens (tertiary/aromatic N) is 3. The molecular weight excluding hydrogens is 162 g/mol. The summed E-state index contributed by atoms with van der Waals surface area (Å²) in [6, 6.07) is 0. The zero-order valence-corrected chi connectivity index (χ0v) is 7.02. The minimum Gasteiger partial charge on any atom is -0.463 e. The van der Waals surface area contributed by atoms with Crippen LogP contribution < -0.4 is 0 Å². The minimum absolute atomic E-state index is 0.0801. The van der Waals surface area contributed by atoms with Crippen LogP contribution in [-0.2, 0) is 9.53 Å². The summed E-state index contributed by atoms with van der Waals surface area (Å²) in [6.07, 6.45) is 0. The Balaban J connectivity index is 4.15. The van der Waals surface area contributed by atoms with E-state index in [2.05, 4.69) is 14.8 Å². The van der Waals surface area contributed by atoms with Crippen LogP contribution in [0.4, 0.5) is 0 Å². The van der Waals surface area contributed by atoms with E-state index in [1.54, 1.807) is 0 Å². The Bertz CT molecular complexity index is 208. The van der Waals surface area contributed by atoms with E-state index in [4.69, 9.17) is 10.6 Å². The monoisotopic (exact) mass is 173 g/mol. The Labute approximate surface area is 69.8 Å². The largest absolute Gasteiger partial charge is 0.463 e. The van der Waals surface area contributed by atoms with E-state index < -0.39 is 11.5 Å². The van der Waals surface area contributed by atoms with Gasteiger partial charge in [0.15, 0.2) is 0 Å². The van der Waals surface area contributed by atoms with Gasteiger partial charge in [-0.1, -0.05) is 5.11 Å². The van der Waals surface area contributed by atoms with E-state index in [1.165, 1.54) is 13.8 Å². The molecule has 0 rings (SSSR count). The third-order valence-electron chi connectivity index (χ3n) is 1.12. The third kappa shape index (κ3) is 3.23. The molecule has 0 aromatic rings. The van der Waals surface area contributed by atoms with Crippen molar-refractivity contribution in [2.45, 2.75) is 19.4 Å². The highest BCUT2D eigenvalue weighted by Gasteiger charge is 2.27. The number of aliphatic hydroxyl groups is 1. The standard InChI is InChI=1S/C6H11N3O3/c1-6(2,8-9-7)5(11)12-4-3-10/h10H,3-4H2,1-2H3. The van der Waals surface area contributed by atoms with Crippen molar-refractivity contribution < 1.29 is 14.6 Å². The number of azide groups is 1. The summed E-state index contributed by atoms with van der Waals surface area (Å²) in [5.41, 5.74) is 6.87. The summed E-state index contributed by atoms with van der Waals surface area (Å²) in [7, 11) is 0. The van der Waals surface area contributed by atoms with E-state index in [1.807, 2.05) is 0 Å². The summed E-state index contributed by atoms with van der Waals surface area (Å²) in [4.78, 5) is 13.5. The molecule has 0 unspecified atom stereocenters. The van der Waals surface area contributed by atoms with Crippen molar-refractivity contribution in [1.29, 1.82) is 0 Å². The molecule has 12 heavy (non-hydrogen) atoms. The van der Waals surface area contributed by atoms with Gasteiger partial charge < -0.3 is 9.84 Å². The van der Waals surface area contributed by atoms with E-state index in [0.29, 0.717) is 0 Å². The average molecular weight is 173 g/mol. The molecule has 0 spiro atoms. The van der Waals surface area contributed by atoms with E-state index in [0.717, 1.165) is 0 Å². The van der Waals surface area contributed by atoms with Crippen molar-refractivity contribution in [1.82, 2.24) is 0 Å². The first kappa shape index (κ1) is 10.7. The molecule has 0 aliphatic carbocycles. The second-order valence-corrected chi connectivity index (χ2v) is 2.61. The van der Waals surface area contributed by atoms with Crippen LogP contribution in [-0.4, -0.2) is 29.8 Å². The van der Waals surface area contributed by atoms with Crippen molar-refractivity contribution in [3.05, 3.63) is 10.4 Å². The first-order valence-electron chi connectivity index (χ1n) is 3.39. The molecule has 0 amide bonds. The zero-order valence-electron chi connectivity index (χ0n) is 7.02. The fourth-order valence-corrected chi connectivity index (χ4v) is 0.468. The van der Waals surface area contributed by atoms with Crippen LogP contribution in [0, 0.1) is 0 Å². The van der Waals surface area contributed by atoms with E-state index in [9.17, 15) is 4.79 Å². The lowest BCUT2D eigenvalue weighted by Crippen LogP contribution is -2.31. The molecule has 1 N–H and O–H groups in total. The van der Waals surface area contributed by atoms with Crippen LogP contribution in [0.3, 0.4) is 0 Å². The van der Waals surface area contributed by atoms with Crippen LogP contribution in [0.5, 0.6) is 0 Å². The molecule has 0 fully saturated rings. The summed E-state index contributed by atoms with van der Waals surface area (Å²) in [5, 5.41) is 11.6. The molecule has 0 bridgehead atoms. The van der Waals surface area contributed by atoms with Crippen molar-refractivity contribution in [2.24, 2.45) is 5.11 Å². The summed E-state index contributed by atoms with van der Waals surface area (Å²) >= 11 is 0. The third-order valence-corrected chi connectivity index (χ3v) is 1.12. The number of rotatable bonds is 4. The molecular formula is C6H11N3O3. The minimum atomic E-state index is -1.20. The maximum Gasteiger partial charge on any atom is 0.317 e. The Morgan fingerprint density at radius 1 is 1.75 bits per heavy atom. The molecule has 0 aromatic carbocycles. The number of hydrogen-bond acceptors (Lipinski definition) is 4. The SMILES string of the molecule is CC(C)(N=[N+]=[N-])C(=O)OCCO. The quantitative estimate of drug-likeness (QED) is 0.292. The number of carbonyl (C=O) groups is 1. The number of hydrogen-bond donors (Lipinski definition) is 1. The van der Waals surface area contributed by atoms with Crippen LogP contribution in [0.15, 0.2) is 5.11 Å². The fraction of sp³-hybridized carbons (Fsp3) is 0.833. The van der Waals surface area contributed by atoms with Crippen LogP contribution in [0.1, 0.15) is 13.8 Å². The summed E-state index contributed by atoms with van der Waals surface area (Å²) in [5.74, 6) is -0.644. The highest BCUT2D eigenvalue weighted by molar-refractivity contribution is 5.79. The van der Waals surface area contributed by atoms with Crippen LogP contribution >= 0.6 is 0 Å². The van der Waals surface area contributed by atoms with Gasteiger partial charge in [-0.15, -0.1) is 0 Å². The lowest BCUT2D eigenvalue weighted by atomic mass is 10.1. The average Bonchev–Trinajstić information content (AvgIpc) is 2.00. The number of ether oxygens (including phenoxy) is 1. The van der Waals surface area contributed by atoms with Gasteiger partial charge in [-0.25, -0.2) is 0 Å². The van der Waals surface area contributed by atoms with Gasteiger partial charge in [0.05, 0.1) is 6.61 Å². The molecule has 6 heteroatoms. The predicted molar refractivity (Wildman–Crippen MR) is 41.3 cm³/mol. The van der Waals surface area contributed by atoms with Crippen LogP contribution in [0.25, 0.3) is 10.4 Å². The van der Waals surface area contributed by atoms with Crippen molar-refractivity contribution >= 4 is 5.97 Å². The molecule has 0 atom stereocenters. The Kier molecular flexibility index (Phi) is 4.10. The predicted octanol–water partition coefficient (Wildman–Crippen LogP) is 0.611. The Morgan fingerprint density at radius 3 is 2.75 bits per heavy atom. The second-order valence-electron chi connectivity index (χ2n) is 2.61. The maximum absolute atomic E-state index is 11.0. The maximum atomic E-state index is 11.0. The zero-order chi connectivity index (χ0) is 9.61. The van der Waals surface area contributed by atoms with Gasteiger partial charge in [-0.2, -0.15) is 0 Å². The molecule has 6 nitrogen and oxygen atoms in total. The van der Waals surface area contributed by atoms with Crippen LogP contribution in [0.2, 0.25) is 0 Å². The van der Waals surface area contributed by atoms with Gasteiger partial charge in [0, 0.05) is 4.91 Å². The van der Waals surface area contributed by atoms with Gasteiger partial charge >= 0.3 is 5.97 Å². The lowest BCUT2D eigenvalue weighted by Gasteiger charge is -2.15. The molecule has 0 aromatic heterocycles. The highest BCUT2D eigenvalue weighted by Crippen LogP contribution is 2.10. The fourth-order valence-electron chi connectivity index (χ4n) is 0.468. The van der Waals surface area contributed by atoms with Gasteiger partial charge in [0.25, 0.3) is 0 Å². The molecule has 0 aliphatic heterocycles. The molecule has 0 heterocycles. The molecule has 0 saturated carbocycles. The highest BCUT2D eigenvalue weighted by atomic mass is 16.5. The van der Waals surface area contributed by atoms with Gasteiger partial charge in [-0.05, 0) is 19.4 Å². The number of aliphatic hydroxyl groups excluding tert-OH is 1.